The van der Waals surface area contributed by atoms with Crippen molar-refractivity contribution in [2.24, 2.45) is 35.3 Å². The number of nitrogens with two attached hydrogens (primary N) is 1. The molecule has 302 valence electrons. The monoisotopic (exact) mass is 779 g/mol. The fourth-order valence-corrected chi connectivity index (χ4v) is 9.70. The summed E-state index contributed by atoms with van der Waals surface area (Å²) in [5, 5.41) is 5.70. The smallest absolute Gasteiger partial charge is 0.405 e. The molecule has 1 aromatic carbocycles. The van der Waals surface area contributed by atoms with E-state index in [-0.39, 0.29) is 43.3 Å². The van der Waals surface area contributed by atoms with Crippen LogP contribution in [0.4, 0.5) is 4.79 Å². The standard InChI is InChI=1S/C38H58N3O12P/c1-8-47-54(45,48-9-2)20-18-29(26-13-11-10-12-14-26)40-32(42)30(21-23(3)4)41-33(43)31(49-36(39)44)22-46-34-25(6)28-16-15-24(5)27-17-19-37(7)51-35(50-34)38(27,28)53-52-37/h10-14,18,20,23-25,27-31,34-35H,8-9,15-17,19,21-22H2,1-7H3,(H2,39,44)(H,40,42)(H,41,43)/b20-18+/t24-,25-,27+,28+,29+,30+,31+,34+,35-,37-,38-/m1/s1. The largest absolute Gasteiger partial charge is 0.434 e. The Morgan fingerprint density at radius 2 is 1.70 bits per heavy atom. The molecule has 15 nitrogen and oxygen atoms in total. The van der Waals surface area contributed by atoms with Gasteiger partial charge in [0, 0.05) is 24.1 Å². The molecule has 1 saturated carbocycles. The Morgan fingerprint density at radius 1 is 1.00 bits per heavy atom. The Labute approximate surface area is 318 Å². The number of fused-ring (bicyclic) bond motifs is 2. The summed E-state index contributed by atoms with van der Waals surface area (Å²) in [4.78, 5) is 51.9. The lowest BCUT2D eigenvalue weighted by atomic mass is 9.58. The molecule has 4 aliphatic heterocycles. The molecule has 5 fully saturated rings. The van der Waals surface area contributed by atoms with Crippen LogP contribution in [-0.2, 0) is 51.9 Å². The molecule has 0 aromatic heterocycles. The summed E-state index contributed by atoms with van der Waals surface area (Å²) in [5.41, 5.74) is 5.30. The van der Waals surface area contributed by atoms with Gasteiger partial charge in [0.15, 0.2) is 18.2 Å². The molecule has 1 spiro atoms. The van der Waals surface area contributed by atoms with Crippen LogP contribution in [0.1, 0.15) is 92.2 Å². The highest BCUT2D eigenvalue weighted by molar-refractivity contribution is 7.57. The van der Waals surface area contributed by atoms with Gasteiger partial charge in [-0.05, 0) is 75.8 Å². The maximum atomic E-state index is 13.9. The van der Waals surface area contributed by atoms with Gasteiger partial charge in [-0.25, -0.2) is 14.6 Å². The van der Waals surface area contributed by atoms with Crippen molar-refractivity contribution in [1.29, 1.82) is 0 Å². The van der Waals surface area contributed by atoms with Crippen LogP contribution in [0, 0.1) is 29.6 Å². The van der Waals surface area contributed by atoms with Gasteiger partial charge in [-0.3, -0.25) is 14.2 Å². The lowest BCUT2D eigenvalue weighted by Gasteiger charge is -2.60. The van der Waals surface area contributed by atoms with Gasteiger partial charge in [0.25, 0.3) is 5.91 Å². The van der Waals surface area contributed by atoms with E-state index < -0.39 is 74.3 Å². The van der Waals surface area contributed by atoms with Gasteiger partial charge in [0.05, 0.1) is 25.9 Å². The fraction of sp³-hybridized carbons (Fsp3) is 0.711. The highest BCUT2D eigenvalue weighted by Gasteiger charge is 2.69. The second kappa shape index (κ2) is 17.9. The average molecular weight is 780 g/mol. The molecule has 0 radical (unpaired) electrons. The number of carbonyl (C=O) groups excluding carboxylic acids is 3. The van der Waals surface area contributed by atoms with Gasteiger partial charge in [-0.1, -0.05) is 58.0 Å². The summed E-state index contributed by atoms with van der Waals surface area (Å²) in [5.74, 6) is -0.673. The highest BCUT2D eigenvalue weighted by Crippen LogP contribution is 2.60. The number of nitrogens with one attached hydrogen (secondary N) is 2. The zero-order valence-electron chi connectivity index (χ0n) is 32.4. The van der Waals surface area contributed by atoms with E-state index in [4.69, 9.17) is 43.5 Å². The third-order valence-electron chi connectivity index (χ3n) is 10.9. The van der Waals surface area contributed by atoms with Crippen molar-refractivity contribution < 1.29 is 56.7 Å². The second-order valence-electron chi connectivity index (χ2n) is 15.3. The highest BCUT2D eigenvalue weighted by atomic mass is 31.2. The van der Waals surface area contributed by atoms with Crippen LogP contribution in [0.15, 0.2) is 42.2 Å². The first kappa shape index (κ1) is 42.3. The Bertz CT molecular complexity index is 1520. The molecule has 16 heteroatoms. The maximum absolute atomic E-state index is 13.9. The van der Waals surface area contributed by atoms with Gasteiger partial charge in [0.2, 0.25) is 17.8 Å². The molecule has 1 aromatic rings. The SMILES string of the molecule is CCOP(=O)(/C=C/[C@H](NC(=O)[C@H](CC(C)C)NC(=O)[C@H](CO[C@H]1O[C@@H]2O[C@@]3(C)CC[C@H]4[C@H](C)CC[C@@H]([C@H]1C)[C@@]24OO3)OC(N)=O)c1ccccc1)OCC. The molecule has 4 N–H and O–H groups in total. The van der Waals surface area contributed by atoms with E-state index in [0.717, 1.165) is 19.3 Å². The van der Waals surface area contributed by atoms with Gasteiger partial charge in [-0.15, -0.1) is 0 Å². The average Bonchev–Trinajstić information content (AvgIpc) is 3.35. The van der Waals surface area contributed by atoms with E-state index in [1.54, 1.807) is 32.1 Å². The van der Waals surface area contributed by atoms with Gasteiger partial charge >= 0.3 is 13.7 Å². The minimum Gasteiger partial charge on any atom is -0.434 e. The molecular formula is C38H58N3O12P. The first-order valence-corrected chi connectivity index (χ1v) is 20.8. The second-order valence-corrected chi connectivity index (χ2v) is 17.2. The number of rotatable bonds is 17. The van der Waals surface area contributed by atoms with Crippen LogP contribution in [0.2, 0.25) is 0 Å². The fourth-order valence-electron chi connectivity index (χ4n) is 8.35. The third kappa shape index (κ3) is 9.55. The normalized spacial score (nSPS) is 32.3. The van der Waals surface area contributed by atoms with Crippen molar-refractivity contribution in [1.82, 2.24) is 10.6 Å². The maximum Gasteiger partial charge on any atom is 0.405 e. The minimum atomic E-state index is -3.59. The molecule has 3 amide bonds. The Kier molecular flexibility index (Phi) is 14.0. The summed E-state index contributed by atoms with van der Waals surface area (Å²) < 4.78 is 48.4. The van der Waals surface area contributed by atoms with Crippen molar-refractivity contribution in [3.8, 4) is 0 Å². The number of benzene rings is 1. The summed E-state index contributed by atoms with van der Waals surface area (Å²) in [6.45, 7) is 13.2. The van der Waals surface area contributed by atoms with Gasteiger partial charge in [0.1, 0.15) is 6.04 Å². The molecular weight excluding hydrogens is 721 g/mol. The number of ether oxygens (including phenoxy) is 4. The van der Waals surface area contributed by atoms with Crippen molar-refractivity contribution >= 4 is 25.5 Å². The third-order valence-corrected chi connectivity index (χ3v) is 12.7. The predicted molar refractivity (Wildman–Crippen MR) is 196 cm³/mol. The molecule has 2 bridgehead atoms. The summed E-state index contributed by atoms with van der Waals surface area (Å²) in [6, 6.07) is 7.25. The summed E-state index contributed by atoms with van der Waals surface area (Å²) >= 11 is 0. The van der Waals surface area contributed by atoms with E-state index in [0.29, 0.717) is 17.9 Å². The van der Waals surface area contributed by atoms with E-state index in [1.807, 2.05) is 45.9 Å². The Morgan fingerprint density at radius 3 is 2.35 bits per heavy atom. The minimum absolute atomic E-state index is 0.0246. The van der Waals surface area contributed by atoms with E-state index in [1.165, 1.54) is 5.82 Å². The quantitative estimate of drug-likeness (QED) is 0.127. The van der Waals surface area contributed by atoms with Crippen LogP contribution in [0.5, 0.6) is 0 Å². The molecule has 4 heterocycles. The van der Waals surface area contributed by atoms with Crippen molar-refractivity contribution in [3.63, 3.8) is 0 Å². The van der Waals surface area contributed by atoms with Crippen LogP contribution in [0.3, 0.4) is 0 Å². The van der Waals surface area contributed by atoms with Crippen LogP contribution >= 0.6 is 7.60 Å². The number of amides is 3. The topological polar surface area (TPSA) is 192 Å². The molecule has 54 heavy (non-hydrogen) atoms. The zero-order valence-corrected chi connectivity index (χ0v) is 33.3. The van der Waals surface area contributed by atoms with E-state index >= 15 is 0 Å². The van der Waals surface area contributed by atoms with Crippen LogP contribution in [0.25, 0.3) is 0 Å². The first-order chi connectivity index (χ1) is 25.6. The van der Waals surface area contributed by atoms with Gasteiger partial charge in [-0.2, -0.15) is 0 Å². The molecule has 5 aliphatic rings. The van der Waals surface area contributed by atoms with Gasteiger partial charge < -0.3 is 44.4 Å². The van der Waals surface area contributed by atoms with E-state index in [9.17, 15) is 18.9 Å². The number of hydrogen-bond acceptors (Lipinski definition) is 12. The van der Waals surface area contributed by atoms with Crippen LogP contribution in [-0.4, -0.2) is 73.8 Å². The Balaban J connectivity index is 1.31. The molecule has 11 atom stereocenters. The van der Waals surface area contributed by atoms with Crippen molar-refractivity contribution in [3.05, 3.63) is 47.8 Å². The molecule has 4 saturated heterocycles. The summed E-state index contributed by atoms with van der Waals surface area (Å²) in [6.07, 6.45) is 0.845. The predicted octanol–water partition coefficient (Wildman–Crippen LogP) is 5.84. The molecule has 0 unspecified atom stereocenters. The first-order valence-electron chi connectivity index (χ1n) is 19.1. The number of hydrogen-bond donors (Lipinski definition) is 3. The molecule has 6 rings (SSSR count). The molecule has 1 aliphatic carbocycles. The van der Waals surface area contributed by atoms with Crippen molar-refractivity contribution in [2.75, 3.05) is 19.8 Å². The van der Waals surface area contributed by atoms with Crippen molar-refractivity contribution in [2.45, 2.75) is 123 Å². The lowest BCUT2D eigenvalue weighted by Crippen LogP contribution is -2.70. The zero-order chi connectivity index (χ0) is 39.3. The van der Waals surface area contributed by atoms with Crippen LogP contribution < -0.4 is 16.4 Å². The Hall–Kier alpha value is -2.88. The number of primary amides is 1. The number of carbonyl (C=O) groups is 3. The summed E-state index contributed by atoms with van der Waals surface area (Å²) in [7, 11) is -3.59. The lowest BCUT2D eigenvalue weighted by molar-refractivity contribution is -0.577. The van der Waals surface area contributed by atoms with E-state index in [2.05, 4.69) is 17.6 Å².